The smallest absolute Gasteiger partial charge is 0.335 e. The van der Waals surface area contributed by atoms with Crippen molar-refractivity contribution in [1.82, 2.24) is 10.4 Å². The Bertz CT molecular complexity index is 982. The number of amides is 3. The van der Waals surface area contributed by atoms with Crippen LogP contribution in [0.3, 0.4) is 0 Å². The molecule has 0 spiro atoms. The zero-order valence-electron chi connectivity index (χ0n) is 12.8. The van der Waals surface area contributed by atoms with Gasteiger partial charge in [0.2, 0.25) is 0 Å². The summed E-state index contributed by atoms with van der Waals surface area (Å²) in [6.07, 6.45) is 0. The van der Waals surface area contributed by atoms with E-state index in [0.29, 0.717) is 5.01 Å². The molecule has 0 bridgehead atoms. The molecule has 2 aromatic carbocycles. The quantitative estimate of drug-likeness (QED) is 0.476. The predicted molar refractivity (Wildman–Crippen MR) is 84.5 cm³/mol. The van der Waals surface area contributed by atoms with Gasteiger partial charge in [0.05, 0.1) is 21.6 Å². The molecule has 2 N–H and O–H groups in total. The maximum absolute atomic E-state index is 12.3. The van der Waals surface area contributed by atoms with Crippen LogP contribution in [0.15, 0.2) is 42.5 Å². The fraction of sp³-hybridized carbons (Fsp3) is 0. The minimum Gasteiger partial charge on any atom is -0.478 e. The van der Waals surface area contributed by atoms with Gasteiger partial charge in [-0.3, -0.25) is 29.9 Å². The first-order chi connectivity index (χ1) is 12.3. The predicted octanol–water partition coefficient (Wildman–Crippen LogP) is 1.23. The van der Waals surface area contributed by atoms with Gasteiger partial charge in [-0.25, -0.2) is 4.79 Å². The summed E-state index contributed by atoms with van der Waals surface area (Å²) < 4.78 is 0. The van der Waals surface area contributed by atoms with Gasteiger partial charge in [0.15, 0.2) is 0 Å². The van der Waals surface area contributed by atoms with Gasteiger partial charge in [-0.1, -0.05) is 0 Å². The first-order valence-corrected chi connectivity index (χ1v) is 7.11. The molecule has 130 valence electrons. The molecule has 0 saturated carbocycles. The number of nitrogens with zero attached hydrogens (tertiary/aromatic N) is 2. The molecule has 26 heavy (non-hydrogen) atoms. The topological polar surface area (TPSA) is 147 Å². The number of aromatic carboxylic acids is 1. The van der Waals surface area contributed by atoms with Crippen molar-refractivity contribution in [3.8, 4) is 0 Å². The van der Waals surface area contributed by atoms with E-state index in [2.05, 4.69) is 5.43 Å². The van der Waals surface area contributed by atoms with Crippen LogP contribution < -0.4 is 5.43 Å². The molecule has 10 nitrogen and oxygen atoms in total. The molecular formula is C16H9N3O7. The summed E-state index contributed by atoms with van der Waals surface area (Å²) in [6, 6.07) is 7.98. The van der Waals surface area contributed by atoms with E-state index in [4.69, 9.17) is 5.11 Å². The van der Waals surface area contributed by atoms with Gasteiger partial charge in [-0.15, -0.1) is 0 Å². The summed E-state index contributed by atoms with van der Waals surface area (Å²) in [6.45, 7) is 0. The Morgan fingerprint density at radius 1 is 0.962 bits per heavy atom. The second-order valence-electron chi connectivity index (χ2n) is 5.26. The normalized spacial score (nSPS) is 12.7. The number of carbonyl (C=O) groups excluding carboxylic acids is 3. The lowest BCUT2D eigenvalue weighted by molar-refractivity contribution is -0.384. The van der Waals surface area contributed by atoms with Gasteiger partial charge in [0.25, 0.3) is 23.4 Å². The number of hydrogen-bond donors (Lipinski definition) is 2. The summed E-state index contributed by atoms with van der Waals surface area (Å²) in [4.78, 5) is 57.7. The minimum absolute atomic E-state index is 0.00150. The molecular weight excluding hydrogens is 346 g/mol. The number of imide groups is 1. The number of rotatable bonds is 4. The maximum Gasteiger partial charge on any atom is 0.335 e. The Morgan fingerprint density at radius 2 is 1.54 bits per heavy atom. The van der Waals surface area contributed by atoms with Crippen LogP contribution in [0, 0.1) is 10.1 Å². The molecule has 1 aliphatic rings. The van der Waals surface area contributed by atoms with Crippen molar-refractivity contribution in [2.75, 3.05) is 0 Å². The Morgan fingerprint density at radius 3 is 2.12 bits per heavy atom. The standard InChI is InChI=1S/C16H9N3O7/c20-13(8-1-4-10(5-2-8)19(25)26)17-18-14(21)11-6-3-9(16(23)24)7-12(11)15(18)22/h1-7H,(H,17,20)(H,23,24). The van der Waals surface area contributed by atoms with Crippen LogP contribution >= 0.6 is 0 Å². The lowest BCUT2D eigenvalue weighted by atomic mass is 10.1. The third-order valence-electron chi connectivity index (χ3n) is 3.69. The van der Waals surface area contributed by atoms with Crippen molar-refractivity contribution in [3.05, 3.63) is 74.8 Å². The number of carboxylic acid groups (broad SMARTS) is 1. The van der Waals surface area contributed by atoms with Gasteiger partial charge in [0, 0.05) is 17.7 Å². The van der Waals surface area contributed by atoms with Crippen molar-refractivity contribution >= 4 is 29.4 Å². The molecule has 1 aliphatic heterocycles. The Labute approximate surface area is 144 Å². The van der Waals surface area contributed by atoms with Crippen molar-refractivity contribution < 1.29 is 29.2 Å². The second-order valence-corrected chi connectivity index (χ2v) is 5.26. The molecule has 0 aliphatic carbocycles. The highest BCUT2D eigenvalue weighted by Gasteiger charge is 2.37. The van der Waals surface area contributed by atoms with E-state index in [1.165, 1.54) is 24.3 Å². The number of hydrazine groups is 1. The van der Waals surface area contributed by atoms with Gasteiger partial charge in [-0.05, 0) is 30.3 Å². The van der Waals surface area contributed by atoms with Crippen LogP contribution in [0.4, 0.5) is 5.69 Å². The first-order valence-electron chi connectivity index (χ1n) is 7.11. The number of nitro groups is 1. The van der Waals surface area contributed by atoms with Crippen molar-refractivity contribution in [2.45, 2.75) is 0 Å². The van der Waals surface area contributed by atoms with Crippen LogP contribution in [0.1, 0.15) is 41.4 Å². The number of fused-ring (bicyclic) bond motifs is 1. The molecule has 0 aromatic heterocycles. The fourth-order valence-electron chi connectivity index (χ4n) is 2.38. The molecule has 0 atom stereocenters. The first kappa shape index (κ1) is 16.8. The van der Waals surface area contributed by atoms with Crippen molar-refractivity contribution in [2.24, 2.45) is 0 Å². The number of benzene rings is 2. The molecule has 0 fully saturated rings. The summed E-state index contributed by atoms with van der Waals surface area (Å²) in [7, 11) is 0. The lowest BCUT2D eigenvalue weighted by Gasteiger charge is -2.14. The zero-order chi connectivity index (χ0) is 19.0. The third kappa shape index (κ3) is 2.75. The molecule has 3 rings (SSSR count). The number of nitrogens with one attached hydrogen (secondary N) is 1. The third-order valence-corrected chi connectivity index (χ3v) is 3.69. The van der Waals surface area contributed by atoms with Crippen LogP contribution in [0.25, 0.3) is 0 Å². The van der Waals surface area contributed by atoms with E-state index in [1.54, 1.807) is 0 Å². The van der Waals surface area contributed by atoms with E-state index in [-0.39, 0.29) is 27.9 Å². The van der Waals surface area contributed by atoms with Crippen LogP contribution in [-0.2, 0) is 0 Å². The summed E-state index contributed by atoms with van der Waals surface area (Å²) in [5, 5.41) is 20.0. The molecule has 2 aromatic rings. The van der Waals surface area contributed by atoms with E-state index >= 15 is 0 Å². The summed E-state index contributed by atoms with van der Waals surface area (Å²) in [5.41, 5.74) is 1.55. The van der Waals surface area contributed by atoms with E-state index < -0.39 is 28.6 Å². The number of carbonyl (C=O) groups is 4. The van der Waals surface area contributed by atoms with Gasteiger partial charge >= 0.3 is 5.97 Å². The Balaban J connectivity index is 1.83. The number of carboxylic acids is 1. The van der Waals surface area contributed by atoms with Crippen molar-refractivity contribution in [3.63, 3.8) is 0 Å². The molecule has 0 saturated heterocycles. The highest BCUT2D eigenvalue weighted by atomic mass is 16.6. The van der Waals surface area contributed by atoms with Crippen molar-refractivity contribution in [1.29, 1.82) is 0 Å². The molecule has 0 radical (unpaired) electrons. The highest BCUT2D eigenvalue weighted by molar-refractivity contribution is 6.22. The van der Waals surface area contributed by atoms with Crippen LogP contribution in [0.5, 0.6) is 0 Å². The number of hydrogen-bond acceptors (Lipinski definition) is 6. The fourth-order valence-corrected chi connectivity index (χ4v) is 2.38. The summed E-state index contributed by atoms with van der Waals surface area (Å²) >= 11 is 0. The minimum atomic E-state index is -1.26. The van der Waals surface area contributed by atoms with E-state index in [0.717, 1.165) is 18.2 Å². The van der Waals surface area contributed by atoms with E-state index in [1.807, 2.05) is 0 Å². The van der Waals surface area contributed by atoms with Gasteiger partial charge in [0.1, 0.15) is 0 Å². The monoisotopic (exact) mass is 355 g/mol. The molecule has 10 heteroatoms. The Hall–Kier alpha value is -4.08. The van der Waals surface area contributed by atoms with Gasteiger partial charge in [-0.2, -0.15) is 5.01 Å². The molecule has 1 heterocycles. The number of non-ortho nitro benzene ring substituents is 1. The second kappa shape index (κ2) is 6.09. The molecule has 3 amide bonds. The Kier molecular flexibility index (Phi) is 3.93. The highest BCUT2D eigenvalue weighted by Crippen LogP contribution is 2.23. The van der Waals surface area contributed by atoms with Crippen LogP contribution in [-0.4, -0.2) is 38.7 Å². The maximum atomic E-state index is 12.3. The average Bonchev–Trinajstić information content (AvgIpc) is 2.86. The SMILES string of the molecule is O=C(O)c1ccc2c(c1)C(=O)N(NC(=O)c1ccc([N+](=O)[O-])cc1)C2=O. The average molecular weight is 355 g/mol. The van der Waals surface area contributed by atoms with Gasteiger partial charge < -0.3 is 5.11 Å². The lowest BCUT2D eigenvalue weighted by Crippen LogP contribution is -2.45. The van der Waals surface area contributed by atoms with E-state index in [9.17, 15) is 29.3 Å². The summed E-state index contributed by atoms with van der Waals surface area (Å²) in [5.74, 6) is -3.77. The molecule has 0 unspecified atom stereocenters. The number of nitro benzene ring substituents is 1. The van der Waals surface area contributed by atoms with Crippen LogP contribution in [0.2, 0.25) is 0 Å². The zero-order valence-corrected chi connectivity index (χ0v) is 12.8. The largest absolute Gasteiger partial charge is 0.478 e.